The van der Waals surface area contributed by atoms with E-state index in [-0.39, 0.29) is 23.5 Å². The van der Waals surface area contributed by atoms with Gasteiger partial charge in [-0.25, -0.2) is 0 Å². The van der Waals surface area contributed by atoms with E-state index in [9.17, 15) is 9.59 Å². The minimum absolute atomic E-state index is 0.0160. The van der Waals surface area contributed by atoms with Crippen LogP contribution in [0.5, 0.6) is 17.2 Å². The minimum Gasteiger partial charge on any atom is -0.496 e. The van der Waals surface area contributed by atoms with E-state index in [2.05, 4.69) is 19.2 Å². The summed E-state index contributed by atoms with van der Waals surface area (Å²) < 4.78 is 16.8. The molecular formula is C27H32N2O5. The number of para-hydroxylation sites is 2. The molecule has 2 aromatic carbocycles. The number of methoxy groups -OCH3 is 3. The summed E-state index contributed by atoms with van der Waals surface area (Å²) in [6.07, 6.45) is 1.36. The van der Waals surface area contributed by atoms with Crippen molar-refractivity contribution in [1.29, 1.82) is 0 Å². The summed E-state index contributed by atoms with van der Waals surface area (Å²) in [4.78, 5) is 29.0. The third-order valence-corrected chi connectivity index (χ3v) is 6.50. The average Bonchev–Trinajstić information content (AvgIpc) is 2.95. The third kappa shape index (κ3) is 4.00. The van der Waals surface area contributed by atoms with Gasteiger partial charge in [-0.3, -0.25) is 14.5 Å². The molecule has 1 amide bonds. The third-order valence-electron chi connectivity index (χ3n) is 6.50. The Morgan fingerprint density at radius 1 is 1.03 bits per heavy atom. The number of allylic oxidation sites excluding steroid dienone is 1. The van der Waals surface area contributed by atoms with Crippen molar-refractivity contribution in [2.24, 2.45) is 5.41 Å². The van der Waals surface area contributed by atoms with E-state index >= 15 is 0 Å². The number of nitrogens with zero attached hydrogens (tertiary/aromatic N) is 1. The Balaban J connectivity index is 2.08. The van der Waals surface area contributed by atoms with E-state index in [0.717, 1.165) is 17.1 Å². The Bertz CT molecular complexity index is 1170. The predicted octanol–water partition coefficient (Wildman–Crippen LogP) is 5.27. The van der Waals surface area contributed by atoms with Gasteiger partial charge in [-0.2, -0.15) is 0 Å². The number of carbonyl (C=O) groups is 2. The second-order valence-electron chi connectivity index (χ2n) is 9.44. The van der Waals surface area contributed by atoms with Gasteiger partial charge in [0.25, 0.3) is 0 Å². The van der Waals surface area contributed by atoms with Gasteiger partial charge >= 0.3 is 0 Å². The average molecular weight is 465 g/mol. The Kier molecular flexibility index (Phi) is 6.30. The van der Waals surface area contributed by atoms with Crippen LogP contribution in [0.4, 0.5) is 11.4 Å². The molecule has 4 rings (SSSR count). The van der Waals surface area contributed by atoms with Gasteiger partial charge < -0.3 is 19.5 Å². The molecule has 0 unspecified atom stereocenters. The molecule has 7 heteroatoms. The number of Topliss-reactive ketones (excluding diaryl/α,β-unsaturated/α-hetero) is 1. The molecule has 7 nitrogen and oxygen atoms in total. The molecule has 34 heavy (non-hydrogen) atoms. The Morgan fingerprint density at radius 3 is 2.32 bits per heavy atom. The number of amides is 1. The highest BCUT2D eigenvalue weighted by atomic mass is 16.5. The molecule has 0 saturated carbocycles. The van der Waals surface area contributed by atoms with Crippen molar-refractivity contribution in [3.63, 3.8) is 0 Å². The number of anilines is 2. The number of fused-ring (bicyclic) bond motifs is 1. The first-order valence-electron chi connectivity index (χ1n) is 11.5. The van der Waals surface area contributed by atoms with Crippen LogP contribution in [0.1, 0.15) is 51.6 Å². The van der Waals surface area contributed by atoms with Crippen LogP contribution in [0.15, 0.2) is 47.7 Å². The fraction of sp³-hybridized carbons (Fsp3) is 0.407. The summed E-state index contributed by atoms with van der Waals surface area (Å²) in [7, 11) is 4.69. The van der Waals surface area contributed by atoms with Gasteiger partial charge in [-0.1, -0.05) is 32.9 Å². The maximum atomic E-state index is 13.7. The number of hydrogen-bond acceptors (Lipinski definition) is 6. The number of rotatable bonds is 5. The van der Waals surface area contributed by atoms with E-state index in [0.29, 0.717) is 41.2 Å². The zero-order valence-electron chi connectivity index (χ0n) is 20.7. The summed E-state index contributed by atoms with van der Waals surface area (Å²) in [6.45, 7) is 6.01. The fourth-order valence-electron chi connectivity index (χ4n) is 4.99. The first-order valence-corrected chi connectivity index (χ1v) is 11.5. The van der Waals surface area contributed by atoms with Gasteiger partial charge in [0.1, 0.15) is 5.75 Å². The zero-order valence-corrected chi connectivity index (χ0v) is 20.7. The summed E-state index contributed by atoms with van der Waals surface area (Å²) in [5, 5.41) is 3.51. The fourth-order valence-corrected chi connectivity index (χ4v) is 4.99. The molecule has 1 aliphatic carbocycles. The van der Waals surface area contributed by atoms with Gasteiger partial charge in [0.05, 0.1) is 38.7 Å². The van der Waals surface area contributed by atoms with Crippen molar-refractivity contribution in [3.8, 4) is 17.2 Å². The maximum Gasteiger partial charge on any atom is 0.227 e. The highest BCUT2D eigenvalue weighted by Crippen LogP contribution is 2.51. The lowest BCUT2D eigenvalue weighted by Gasteiger charge is -2.37. The van der Waals surface area contributed by atoms with Crippen molar-refractivity contribution in [3.05, 3.63) is 53.2 Å². The summed E-state index contributed by atoms with van der Waals surface area (Å²) in [6, 6.07) is 10.5. The molecule has 0 saturated heterocycles. The molecule has 2 aromatic rings. The van der Waals surface area contributed by atoms with Crippen LogP contribution in [0.2, 0.25) is 0 Å². The Labute approximate surface area is 200 Å². The van der Waals surface area contributed by atoms with Crippen LogP contribution in [-0.4, -0.2) is 33.0 Å². The molecule has 0 fully saturated rings. The first-order chi connectivity index (χ1) is 16.2. The predicted molar refractivity (Wildman–Crippen MR) is 132 cm³/mol. The quantitative estimate of drug-likeness (QED) is 0.650. The minimum atomic E-state index is -0.683. The summed E-state index contributed by atoms with van der Waals surface area (Å²) >= 11 is 0. The van der Waals surface area contributed by atoms with Gasteiger partial charge in [0.2, 0.25) is 5.91 Å². The highest BCUT2D eigenvalue weighted by molar-refractivity contribution is 6.06. The molecule has 1 heterocycles. The molecule has 0 radical (unpaired) electrons. The van der Waals surface area contributed by atoms with Crippen LogP contribution >= 0.6 is 0 Å². The molecule has 1 aliphatic heterocycles. The van der Waals surface area contributed by atoms with Crippen LogP contribution in [0, 0.1) is 5.41 Å². The van der Waals surface area contributed by atoms with Crippen LogP contribution in [-0.2, 0) is 9.59 Å². The first kappa shape index (κ1) is 23.7. The molecule has 1 atom stereocenters. The molecule has 0 spiro atoms. The molecule has 0 bridgehead atoms. The Hall–Kier alpha value is -3.48. The van der Waals surface area contributed by atoms with Crippen molar-refractivity contribution < 1.29 is 23.8 Å². The lowest BCUT2D eigenvalue weighted by Crippen LogP contribution is -2.39. The molecule has 180 valence electrons. The lowest BCUT2D eigenvalue weighted by molar-refractivity contribution is -0.119. The number of ether oxygens (including phenoxy) is 3. The smallest absolute Gasteiger partial charge is 0.227 e. The van der Waals surface area contributed by atoms with Gasteiger partial charge in [-0.15, -0.1) is 0 Å². The normalized spacial score (nSPS) is 18.9. The van der Waals surface area contributed by atoms with Crippen LogP contribution < -0.4 is 24.4 Å². The van der Waals surface area contributed by atoms with E-state index in [1.807, 2.05) is 37.3 Å². The second-order valence-corrected chi connectivity index (χ2v) is 9.44. The van der Waals surface area contributed by atoms with Crippen molar-refractivity contribution in [2.75, 3.05) is 31.5 Å². The zero-order chi connectivity index (χ0) is 24.6. The monoisotopic (exact) mass is 464 g/mol. The van der Waals surface area contributed by atoms with E-state index in [1.165, 1.54) is 0 Å². The topological polar surface area (TPSA) is 77.1 Å². The second kappa shape index (κ2) is 9.05. The number of nitrogens with one attached hydrogen (secondary N) is 1. The van der Waals surface area contributed by atoms with Gasteiger partial charge in [0.15, 0.2) is 17.3 Å². The maximum absolute atomic E-state index is 13.7. The number of ketones is 1. The van der Waals surface area contributed by atoms with Crippen LogP contribution in [0.3, 0.4) is 0 Å². The van der Waals surface area contributed by atoms with E-state index < -0.39 is 6.04 Å². The van der Waals surface area contributed by atoms with Crippen molar-refractivity contribution in [1.82, 2.24) is 0 Å². The molecule has 0 aromatic heterocycles. The van der Waals surface area contributed by atoms with Gasteiger partial charge in [-0.05, 0) is 30.0 Å². The SMILES string of the molecule is CCC(=O)N1c2ccccc2NC2=C(C(=O)CC(C)(C)C2)[C@@H]1c1cc(OC)c(OC)cc1OC. The number of benzene rings is 2. The number of hydrogen-bond donors (Lipinski definition) is 1. The largest absolute Gasteiger partial charge is 0.496 e. The van der Waals surface area contributed by atoms with Crippen molar-refractivity contribution in [2.45, 2.75) is 46.1 Å². The van der Waals surface area contributed by atoms with Crippen molar-refractivity contribution >= 4 is 23.1 Å². The van der Waals surface area contributed by atoms with E-state index in [4.69, 9.17) is 14.2 Å². The standard InChI is InChI=1S/C27H32N2O5/c1-7-24(31)29-19-11-9-8-10-17(19)28-18-14-27(2,3)15-20(30)25(18)26(29)16-12-22(33-5)23(34-6)13-21(16)32-4/h8-13,26,28H,7,14-15H2,1-6H3/t26-/m0/s1. The van der Waals surface area contributed by atoms with Crippen LogP contribution in [0.25, 0.3) is 0 Å². The Morgan fingerprint density at radius 2 is 1.68 bits per heavy atom. The molecule has 2 aliphatic rings. The molecule has 1 N–H and O–H groups in total. The van der Waals surface area contributed by atoms with E-state index in [1.54, 1.807) is 32.3 Å². The lowest BCUT2D eigenvalue weighted by atomic mass is 9.73. The summed E-state index contributed by atoms with van der Waals surface area (Å²) in [5.41, 5.74) is 3.40. The number of carbonyl (C=O) groups excluding carboxylic acids is 2. The highest BCUT2D eigenvalue weighted by Gasteiger charge is 2.44. The summed E-state index contributed by atoms with van der Waals surface area (Å²) in [5.74, 6) is 1.44. The molecular weight excluding hydrogens is 432 g/mol. The van der Waals surface area contributed by atoms with Gasteiger partial charge in [0, 0.05) is 35.7 Å².